The second-order valence-electron chi connectivity index (χ2n) is 0. The molecule has 0 unspecified atom stereocenters. The molecule has 0 atom stereocenters. The maximum atomic E-state index is 0. The van der Waals surface area contributed by atoms with Gasteiger partial charge in [0.2, 0.25) is 0 Å². The molecule has 2 N–H and O–H groups in total. The van der Waals surface area contributed by atoms with Crippen LogP contribution in [0.4, 0.5) is 0 Å². The first-order valence-electron chi connectivity index (χ1n) is 0. The first kappa shape index (κ1) is 24.7. The van der Waals surface area contributed by atoms with Gasteiger partial charge in [0, 0.05) is 26.2 Å². The van der Waals surface area contributed by atoms with Crippen LogP contribution in [0.3, 0.4) is 0 Å². The fraction of sp³-hybridized carbons (Fsp3) is 0. The second-order valence-corrected chi connectivity index (χ2v) is 0. The Morgan fingerprint density at radius 1 is 1.25 bits per heavy atom. The molecular weight excluding hydrogens is 450 g/mol. The van der Waals surface area contributed by atoms with Crippen molar-refractivity contribution in [3.05, 3.63) is 0 Å². The van der Waals surface area contributed by atoms with Crippen molar-refractivity contribution in [3.63, 3.8) is 0 Å². The van der Waals surface area contributed by atoms with Crippen molar-refractivity contribution in [2.45, 2.75) is 0 Å². The molecule has 0 fully saturated rings. The van der Waals surface area contributed by atoms with Crippen LogP contribution >= 0.6 is 0 Å². The number of rotatable bonds is 0. The third kappa shape index (κ3) is 9.31. The Morgan fingerprint density at radius 3 is 1.25 bits per heavy atom. The van der Waals surface area contributed by atoms with Crippen molar-refractivity contribution < 1.29 is 11.2 Å². The summed E-state index contributed by atoms with van der Waals surface area (Å²) < 4.78 is 0. The smallest absolute Gasteiger partial charge is 1.00 e. The molecule has 0 spiro atoms. The Labute approximate surface area is 128 Å². The molecule has 0 aromatic heterocycles. The molecule has 0 aromatic rings. The first-order chi connectivity index (χ1) is 0. The molecule has 3 radical (unpaired) electrons. The standard InChI is InChI=1S/Ba.Bi.H2O.Sr.4H/h;;1H2;;;;;/q+2;;;+2;4*-1. The van der Waals surface area contributed by atoms with Crippen molar-refractivity contribution in [3.8, 4) is 0 Å². The molecule has 0 aliphatic carbocycles. The van der Waals surface area contributed by atoms with Gasteiger partial charge in [-0.25, -0.2) is 0 Å². The Bertz CT molecular complexity index is 16.0. The molecule has 4 heteroatoms. The summed E-state index contributed by atoms with van der Waals surface area (Å²) in [6.07, 6.45) is 0. The van der Waals surface area contributed by atoms with Gasteiger partial charge in [-0.05, 0) is 0 Å². The van der Waals surface area contributed by atoms with E-state index in [4.69, 9.17) is 0 Å². The third-order valence-corrected chi connectivity index (χ3v) is 0. The molecule has 0 saturated carbocycles. The Hall–Kier alpha value is 3.90. The van der Waals surface area contributed by atoms with E-state index in [0.29, 0.717) is 0 Å². The van der Waals surface area contributed by atoms with Gasteiger partial charge in [-0.2, -0.15) is 0 Å². The van der Waals surface area contributed by atoms with E-state index in [1.807, 2.05) is 0 Å². The fourth-order valence-corrected chi connectivity index (χ4v) is 0. The van der Waals surface area contributed by atoms with E-state index >= 15 is 0 Å². The van der Waals surface area contributed by atoms with E-state index in [0.717, 1.165) is 0 Å². The largest absolute Gasteiger partial charge is 2.00 e. The molecule has 0 heterocycles. The van der Waals surface area contributed by atoms with Gasteiger partial charge in [0.1, 0.15) is 0 Å². The molecule has 0 bridgehead atoms. The van der Waals surface area contributed by atoms with Crippen LogP contribution in [0, 0.1) is 0 Å². The van der Waals surface area contributed by atoms with Gasteiger partial charge in [0.25, 0.3) is 0 Å². The molecule has 0 aromatic carbocycles. The molecule has 0 saturated heterocycles. The van der Waals surface area contributed by atoms with Crippen LogP contribution in [-0.2, 0) is 0 Å². The van der Waals surface area contributed by atoms with E-state index in [-0.39, 0.29) is 132 Å². The van der Waals surface area contributed by atoms with Gasteiger partial charge >= 0.3 is 94.4 Å². The van der Waals surface area contributed by atoms with Crippen LogP contribution < -0.4 is 0 Å². The van der Waals surface area contributed by atoms with Crippen molar-refractivity contribution >= 4 is 121 Å². The molecule has 21 valence electrons. The Balaban J connectivity index is 0. The minimum atomic E-state index is 0. The van der Waals surface area contributed by atoms with E-state index < -0.39 is 0 Å². The van der Waals surface area contributed by atoms with Crippen LogP contribution in [-0.4, -0.2) is 126 Å². The third-order valence-electron chi connectivity index (χ3n) is 0. The van der Waals surface area contributed by atoms with Crippen molar-refractivity contribution in [2.75, 3.05) is 0 Å². The Kier molecular flexibility index (Phi) is 97.7. The van der Waals surface area contributed by atoms with Crippen LogP contribution in [0.15, 0.2) is 0 Å². The molecule has 4 heavy (non-hydrogen) atoms. The average Bonchev–Trinajstić information content (AvgIpc) is 0. The fourth-order valence-electron chi connectivity index (χ4n) is 0. The quantitative estimate of drug-likeness (QED) is 0.398. The molecular formula is H6BaBiOSr. The monoisotopic (exact) mass is 457 g/mol. The topological polar surface area (TPSA) is 31.5 Å². The molecule has 0 aliphatic heterocycles. The normalized spacial score (nSPS) is 0. The summed E-state index contributed by atoms with van der Waals surface area (Å²) in [6, 6.07) is 0. The first-order valence-corrected chi connectivity index (χ1v) is 0. The van der Waals surface area contributed by atoms with Crippen molar-refractivity contribution in [1.29, 1.82) is 0 Å². The van der Waals surface area contributed by atoms with Crippen LogP contribution in [0.1, 0.15) is 5.71 Å². The zero-order chi connectivity index (χ0) is 0. The number of hydrogen-bond acceptors (Lipinski definition) is 0. The van der Waals surface area contributed by atoms with E-state index in [1.165, 1.54) is 0 Å². The van der Waals surface area contributed by atoms with Crippen LogP contribution in [0.2, 0.25) is 0 Å². The maximum Gasteiger partial charge on any atom is 2.00 e. The summed E-state index contributed by atoms with van der Waals surface area (Å²) in [5.74, 6) is 0. The Morgan fingerprint density at radius 2 is 1.25 bits per heavy atom. The van der Waals surface area contributed by atoms with Gasteiger partial charge in [-0.3, -0.25) is 0 Å². The van der Waals surface area contributed by atoms with Gasteiger partial charge in [0.05, 0.1) is 0 Å². The van der Waals surface area contributed by atoms with Crippen molar-refractivity contribution in [1.82, 2.24) is 0 Å². The van der Waals surface area contributed by atoms with Crippen molar-refractivity contribution in [2.24, 2.45) is 0 Å². The second kappa shape index (κ2) is 15.8. The SMILES string of the molecule is O.[Ba+2].[Bi].[H-].[H-].[H-].[H-].[Sr+2]. The van der Waals surface area contributed by atoms with E-state index in [2.05, 4.69) is 0 Å². The molecule has 0 amide bonds. The summed E-state index contributed by atoms with van der Waals surface area (Å²) in [5.41, 5.74) is 0. The predicted octanol–water partition coefficient (Wildman–Crippen LogP) is -1.52. The average molecular weight is 456 g/mol. The predicted molar refractivity (Wildman–Crippen MR) is 25.3 cm³/mol. The summed E-state index contributed by atoms with van der Waals surface area (Å²) in [7, 11) is 0. The number of hydrogen-bond donors (Lipinski definition) is 0. The molecule has 1 nitrogen and oxygen atoms in total. The van der Waals surface area contributed by atoms with Crippen LogP contribution in [0.5, 0.6) is 0 Å². The van der Waals surface area contributed by atoms with Gasteiger partial charge < -0.3 is 11.2 Å². The van der Waals surface area contributed by atoms with Gasteiger partial charge in [-0.15, -0.1) is 0 Å². The molecule has 0 rings (SSSR count). The minimum Gasteiger partial charge on any atom is -1.00 e. The maximum absolute atomic E-state index is 0. The van der Waals surface area contributed by atoms with E-state index in [1.54, 1.807) is 0 Å². The van der Waals surface area contributed by atoms with E-state index in [9.17, 15) is 0 Å². The summed E-state index contributed by atoms with van der Waals surface area (Å²) >= 11 is 0. The minimum absolute atomic E-state index is 0. The zero-order valence-electron chi connectivity index (χ0n) is 6.36. The summed E-state index contributed by atoms with van der Waals surface area (Å²) in [4.78, 5) is 0. The summed E-state index contributed by atoms with van der Waals surface area (Å²) in [6.45, 7) is 0. The molecule has 0 aliphatic rings. The zero-order valence-corrected chi connectivity index (χ0v) is 13.8. The van der Waals surface area contributed by atoms with Gasteiger partial charge in [0.15, 0.2) is 0 Å². The van der Waals surface area contributed by atoms with Crippen LogP contribution in [0.25, 0.3) is 0 Å². The van der Waals surface area contributed by atoms with Gasteiger partial charge in [-0.1, -0.05) is 0 Å². The summed E-state index contributed by atoms with van der Waals surface area (Å²) in [5, 5.41) is 0.